The first-order valence-corrected chi connectivity index (χ1v) is 10.7. The van der Waals surface area contributed by atoms with Crippen LogP contribution in [0.2, 0.25) is 0 Å². The van der Waals surface area contributed by atoms with Crippen molar-refractivity contribution in [2.45, 2.75) is 39.3 Å². The summed E-state index contributed by atoms with van der Waals surface area (Å²) in [6, 6.07) is 16.0. The van der Waals surface area contributed by atoms with E-state index in [4.69, 9.17) is 9.72 Å². The normalized spacial score (nSPS) is 14.8. The zero-order valence-corrected chi connectivity index (χ0v) is 18.1. The Morgan fingerprint density at radius 2 is 2.03 bits per heavy atom. The van der Waals surface area contributed by atoms with Gasteiger partial charge in [0, 0.05) is 32.5 Å². The monoisotopic (exact) mass is 419 g/mol. The van der Waals surface area contributed by atoms with Gasteiger partial charge in [0.05, 0.1) is 11.3 Å². The quantitative estimate of drug-likeness (QED) is 0.616. The highest BCUT2D eigenvalue weighted by Gasteiger charge is 2.23. The molecule has 0 aliphatic carbocycles. The zero-order valence-electron chi connectivity index (χ0n) is 18.1. The second-order valence-corrected chi connectivity index (χ2v) is 8.32. The number of aliphatic hydroxyl groups is 1. The van der Waals surface area contributed by atoms with Crippen LogP contribution in [0.4, 0.5) is 0 Å². The molecule has 2 heterocycles. The molecule has 0 saturated heterocycles. The molecule has 0 bridgehead atoms. The predicted octanol–water partition coefficient (Wildman–Crippen LogP) is 2.78. The van der Waals surface area contributed by atoms with E-state index in [0.717, 1.165) is 29.1 Å². The first-order valence-electron chi connectivity index (χ1n) is 10.7. The van der Waals surface area contributed by atoms with Crippen LogP contribution in [0.5, 0.6) is 5.75 Å². The summed E-state index contributed by atoms with van der Waals surface area (Å²) < 4.78 is 5.76. The van der Waals surface area contributed by atoms with Gasteiger partial charge in [0.15, 0.2) is 0 Å². The maximum atomic E-state index is 12.7. The molecule has 1 unspecified atom stereocenters. The van der Waals surface area contributed by atoms with Crippen LogP contribution in [0, 0.1) is 13.8 Å². The molecule has 162 valence electrons. The minimum atomic E-state index is -0.631. The van der Waals surface area contributed by atoms with Crippen LogP contribution in [0.15, 0.2) is 53.3 Å². The third-order valence-electron chi connectivity index (χ3n) is 5.64. The molecule has 1 aliphatic heterocycles. The van der Waals surface area contributed by atoms with E-state index in [-0.39, 0.29) is 12.2 Å². The number of aromatic amines is 1. The Morgan fingerprint density at radius 1 is 1.19 bits per heavy atom. The number of nitrogens with one attached hydrogen (secondary N) is 1. The molecule has 0 amide bonds. The van der Waals surface area contributed by atoms with Crippen molar-refractivity contribution in [2.75, 3.05) is 19.7 Å². The molecule has 3 aromatic rings. The second kappa shape index (κ2) is 9.45. The number of β-amino-alcohol motifs (C(OH)–C–C–N with tert-alkyl or cyclic N) is 1. The number of ether oxygens (including phenoxy) is 1. The fraction of sp³-hybridized carbons (Fsp3) is 0.360. The summed E-state index contributed by atoms with van der Waals surface area (Å²) in [4.78, 5) is 22.5. The fourth-order valence-corrected chi connectivity index (χ4v) is 4.04. The van der Waals surface area contributed by atoms with Gasteiger partial charge in [-0.15, -0.1) is 0 Å². The van der Waals surface area contributed by atoms with E-state index in [1.54, 1.807) is 0 Å². The Morgan fingerprint density at radius 3 is 2.84 bits per heavy atom. The SMILES string of the molecule is Cc1cccc(Cc2nc3c(c(=O)[nH]2)CN(CC(O)COc2ccccc2C)CC3)c1. The van der Waals surface area contributed by atoms with E-state index in [1.807, 2.05) is 37.3 Å². The summed E-state index contributed by atoms with van der Waals surface area (Å²) in [6.07, 6.45) is 0.683. The number of hydrogen-bond donors (Lipinski definition) is 2. The number of aliphatic hydroxyl groups excluding tert-OH is 1. The van der Waals surface area contributed by atoms with Gasteiger partial charge in [0.25, 0.3) is 5.56 Å². The van der Waals surface area contributed by atoms with Gasteiger partial charge in [-0.05, 0) is 31.0 Å². The molecular formula is C25H29N3O3. The number of fused-ring (bicyclic) bond motifs is 1. The largest absolute Gasteiger partial charge is 0.491 e. The molecule has 0 saturated carbocycles. The predicted molar refractivity (Wildman–Crippen MR) is 121 cm³/mol. The van der Waals surface area contributed by atoms with Gasteiger partial charge in [-0.1, -0.05) is 48.0 Å². The average Bonchev–Trinajstić information content (AvgIpc) is 2.74. The topological polar surface area (TPSA) is 78.5 Å². The minimum Gasteiger partial charge on any atom is -0.491 e. The first-order chi connectivity index (χ1) is 15.0. The molecule has 6 heteroatoms. The highest BCUT2D eigenvalue weighted by molar-refractivity contribution is 5.31. The molecule has 1 aliphatic rings. The molecule has 0 spiro atoms. The van der Waals surface area contributed by atoms with E-state index < -0.39 is 6.10 Å². The van der Waals surface area contributed by atoms with Gasteiger partial charge in [0.1, 0.15) is 24.3 Å². The summed E-state index contributed by atoms with van der Waals surface area (Å²) in [5.41, 5.74) is 4.86. The summed E-state index contributed by atoms with van der Waals surface area (Å²) >= 11 is 0. The molecule has 1 atom stereocenters. The first kappa shape index (κ1) is 21.3. The molecule has 0 radical (unpaired) electrons. The summed E-state index contributed by atoms with van der Waals surface area (Å²) in [5, 5.41) is 10.4. The number of rotatable bonds is 7. The highest BCUT2D eigenvalue weighted by atomic mass is 16.5. The van der Waals surface area contributed by atoms with Crippen LogP contribution < -0.4 is 10.3 Å². The molecular weight excluding hydrogens is 390 g/mol. The summed E-state index contributed by atoms with van der Waals surface area (Å²) in [6.45, 7) is 5.96. The Balaban J connectivity index is 1.37. The Hall–Kier alpha value is -2.96. The van der Waals surface area contributed by atoms with Crippen LogP contribution >= 0.6 is 0 Å². The number of hydrogen-bond acceptors (Lipinski definition) is 5. The van der Waals surface area contributed by atoms with E-state index in [1.165, 1.54) is 5.56 Å². The third kappa shape index (κ3) is 5.40. The standard InChI is InChI=1S/C25H29N3O3/c1-17-6-5-8-19(12-17)13-24-26-22-10-11-28(15-21(22)25(30)27-24)14-20(29)16-31-23-9-4-3-7-18(23)2/h3-9,12,20,29H,10-11,13-16H2,1-2H3,(H,26,27,30). The van der Waals surface area contributed by atoms with Crippen molar-refractivity contribution in [1.29, 1.82) is 0 Å². The second-order valence-electron chi connectivity index (χ2n) is 8.32. The summed E-state index contributed by atoms with van der Waals surface area (Å²) in [5.74, 6) is 1.49. The van der Waals surface area contributed by atoms with Crippen molar-refractivity contribution >= 4 is 0 Å². The van der Waals surface area contributed by atoms with Crippen molar-refractivity contribution in [2.24, 2.45) is 0 Å². The molecule has 6 nitrogen and oxygen atoms in total. The number of H-pyrrole nitrogens is 1. The van der Waals surface area contributed by atoms with Gasteiger partial charge in [-0.25, -0.2) is 4.98 Å². The van der Waals surface area contributed by atoms with Gasteiger partial charge in [-0.2, -0.15) is 0 Å². The minimum absolute atomic E-state index is 0.0806. The van der Waals surface area contributed by atoms with Gasteiger partial charge in [-0.3, -0.25) is 9.69 Å². The smallest absolute Gasteiger partial charge is 0.255 e. The maximum Gasteiger partial charge on any atom is 0.255 e. The van der Waals surface area contributed by atoms with Crippen LogP contribution in [-0.2, 0) is 19.4 Å². The molecule has 0 fully saturated rings. The summed E-state index contributed by atoms with van der Waals surface area (Å²) in [7, 11) is 0. The third-order valence-corrected chi connectivity index (χ3v) is 5.64. The van der Waals surface area contributed by atoms with Crippen LogP contribution in [-0.4, -0.2) is 45.8 Å². The highest BCUT2D eigenvalue weighted by Crippen LogP contribution is 2.18. The number of benzene rings is 2. The molecule has 4 rings (SSSR count). The van der Waals surface area contributed by atoms with Crippen molar-refractivity contribution in [1.82, 2.24) is 14.9 Å². The van der Waals surface area contributed by atoms with Crippen molar-refractivity contribution in [3.8, 4) is 5.75 Å². The Labute approximate surface area is 182 Å². The van der Waals surface area contributed by atoms with E-state index in [2.05, 4.69) is 35.0 Å². The Bertz CT molecular complexity index is 1110. The van der Waals surface area contributed by atoms with Gasteiger partial charge < -0.3 is 14.8 Å². The van der Waals surface area contributed by atoms with E-state index in [9.17, 15) is 9.90 Å². The lowest BCUT2D eigenvalue weighted by Crippen LogP contribution is -2.41. The number of aryl methyl sites for hydroxylation is 2. The number of nitrogens with zero attached hydrogens (tertiary/aromatic N) is 2. The van der Waals surface area contributed by atoms with Crippen molar-refractivity contribution < 1.29 is 9.84 Å². The molecule has 2 N–H and O–H groups in total. The maximum absolute atomic E-state index is 12.7. The Kier molecular flexibility index (Phi) is 6.49. The molecule has 1 aromatic heterocycles. The lowest BCUT2D eigenvalue weighted by atomic mass is 10.1. The van der Waals surface area contributed by atoms with Gasteiger partial charge >= 0.3 is 0 Å². The van der Waals surface area contributed by atoms with Crippen molar-refractivity contribution in [3.63, 3.8) is 0 Å². The lowest BCUT2D eigenvalue weighted by molar-refractivity contribution is 0.0630. The van der Waals surface area contributed by atoms with Gasteiger partial charge in [0.2, 0.25) is 0 Å². The van der Waals surface area contributed by atoms with Crippen LogP contribution in [0.25, 0.3) is 0 Å². The van der Waals surface area contributed by atoms with Crippen LogP contribution in [0.3, 0.4) is 0 Å². The van der Waals surface area contributed by atoms with E-state index >= 15 is 0 Å². The lowest BCUT2D eigenvalue weighted by Gasteiger charge is -2.29. The van der Waals surface area contributed by atoms with E-state index in [0.29, 0.717) is 37.3 Å². The molecule has 31 heavy (non-hydrogen) atoms. The molecule has 2 aromatic carbocycles. The average molecular weight is 420 g/mol. The zero-order chi connectivity index (χ0) is 21.8. The number of aromatic nitrogens is 2. The van der Waals surface area contributed by atoms with Crippen molar-refractivity contribution in [3.05, 3.63) is 92.7 Å². The fourth-order valence-electron chi connectivity index (χ4n) is 4.04. The number of para-hydroxylation sites is 1. The van der Waals surface area contributed by atoms with Crippen LogP contribution in [0.1, 0.15) is 33.8 Å².